The fourth-order valence-electron chi connectivity index (χ4n) is 6.27. The van der Waals surface area contributed by atoms with Crippen molar-refractivity contribution in [1.82, 2.24) is 10.2 Å². The second-order valence-corrected chi connectivity index (χ2v) is 8.38. The summed E-state index contributed by atoms with van der Waals surface area (Å²) >= 11 is 0. The van der Waals surface area contributed by atoms with Gasteiger partial charge in [-0.25, -0.2) is 0 Å². The Morgan fingerprint density at radius 1 is 1.05 bits per heavy atom. The smallest absolute Gasteiger partial charge is 0.149 e. The molecular formula is C16H24N4. The van der Waals surface area contributed by atoms with Crippen LogP contribution in [0.4, 0.5) is 11.6 Å². The van der Waals surface area contributed by atoms with Crippen molar-refractivity contribution in [3.63, 3.8) is 0 Å². The number of nitrogens with zero attached hydrogens (tertiary/aromatic N) is 2. The van der Waals surface area contributed by atoms with E-state index in [9.17, 15) is 0 Å². The van der Waals surface area contributed by atoms with Crippen molar-refractivity contribution < 1.29 is 0 Å². The van der Waals surface area contributed by atoms with Gasteiger partial charge in [0.05, 0.1) is 0 Å². The highest BCUT2D eigenvalue weighted by Gasteiger charge is 2.60. The SMILES string of the molecule is CC12CC3CC(C)(C1)CC(Nc1ccc(N)nn1)(C3)C2. The molecule has 2 atom stereocenters. The largest absolute Gasteiger partial charge is 0.382 e. The number of hydrogen-bond acceptors (Lipinski definition) is 4. The lowest BCUT2D eigenvalue weighted by Gasteiger charge is -2.65. The van der Waals surface area contributed by atoms with E-state index in [0.717, 1.165) is 11.7 Å². The summed E-state index contributed by atoms with van der Waals surface area (Å²) in [7, 11) is 0. The van der Waals surface area contributed by atoms with Crippen LogP contribution in [0.15, 0.2) is 12.1 Å². The lowest BCUT2D eigenvalue weighted by molar-refractivity contribution is -0.0974. The third kappa shape index (κ3) is 1.88. The Balaban J connectivity index is 1.65. The molecule has 3 N–H and O–H groups in total. The third-order valence-corrected chi connectivity index (χ3v) is 5.70. The molecule has 4 aliphatic carbocycles. The predicted molar refractivity (Wildman–Crippen MR) is 80.2 cm³/mol. The van der Waals surface area contributed by atoms with E-state index in [4.69, 9.17) is 5.73 Å². The Morgan fingerprint density at radius 3 is 2.30 bits per heavy atom. The van der Waals surface area contributed by atoms with Crippen molar-refractivity contribution in [2.24, 2.45) is 16.7 Å². The highest BCUT2D eigenvalue weighted by molar-refractivity contribution is 5.42. The molecule has 0 amide bonds. The Bertz CT molecular complexity index is 520. The zero-order chi connectivity index (χ0) is 14.0. The van der Waals surface area contributed by atoms with Crippen molar-refractivity contribution in [1.29, 1.82) is 0 Å². The number of aromatic nitrogens is 2. The van der Waals surface area contributed by atoms with E-state index in [-0.39, 0.29) is 5.54 Å². The summed E-state index contributed by atoms with van der Waals surface area (Å²) in [6, 6.07) is 3.80. The van der Waals surface area contributed by atoms with Crippen LogP contribution in [0.2, 0.25) is 0 Å². The zero-order valence-corrected chi connectivity index (χ0v) is 12.4. The van der Waals surface area contributed by atoms with Crippen LogP contribution in [-0.4, -0.2) is 15.7 Å². The number of anilines is 2. The van der Waals surface area contributed by atoms with Crippen LogP contribution < -0.4 is 11.1 Å². The molecule has 0 aliphatic heterocycles. The van der Waals surface area contributed by atoms with Gasteiger partial charge in [0.15, 0.2) is 0 Å². The Hall–Kier alpha value is -1.32. The van der Waals surface area contributed by atoms with E-state index >= 15 is 0 Å². The van der Waals surface area contributed by atoms with Gasteiger partial charge in [-0.05, 0) is 67.4 Å². The van der Waals surface area contributed by atoms with Crippen molar-refractivity contribution in [2.45, 2.75) is 57.9 Å². The first-order chi connectivity index (χ1) is 9.38. The molecule has 0 spiro atoms. The van der Waals surface area contributed by atoms with Gasteiger partial charge in [0, 0.05) is 5.54 Å². The molecule has 4 fully saturated rings. The maximum absolute atomic E-state index is 5.63. The van der Waals surface area contributed by atoms with Crippen LogP contribution in [0.1, 0.15) is 52.4 Å². The van der Waals surface area contributed by atoms with Crippen LogP contribution in [-0.2, 0) is 0 Å². The molecule has 4 bridgehead atoms. The Labute approximate surface area is 120 Å². The van der Waals surface area contributed by atoms with Crippen LogP contribution in [0, 0.1) is 16.7 Å². The molecule has 0 radical (unpaired) electrons. The van der Waals surface area contributed by atoms with E-state index < -0.39 is 0 Å². The number of nitrogens with one attached hydrogen (secondary N) is 1. The van der Waals surface area contributed by atoms with Gasteiger partial charge < -0.3 is 11.1 Å². The summed E-state index contributed by atoms with van der Waals surface area (Å²) in [5.41, 5.74) is 6.89. The maximum Gasteiger partial charge on any atom is 0.149 e. The van der Waals surface area contributed by atoms with Gasteiger partial charge in [-0.1, -0.05) is 13.8 Å². The van der Waals surface area contributed by atoms with Crippen molar-refractivity contribution >= 4 is 11.6 Å². The molecule has 4 saturated carbocycles. The van der Waals surface area contributed by atoms with Crippen molar-refractivity contribution in [3.05, 3.63) is 12.1 Å². The zero-order valence-electron chi connectivity index (χ0n) is 12.4. The highest BCUT2D eigenvalue weighted by Crippen LogP contribution is 2.66. The fourth-order valence-corrected chi connectivity index (χ4v) is 6.27. The van der Waals surface area contributed by atoms with E-state index in [2.05, 4.69) is 29.4 Å². The van der Waals surface area contributed by atoms with Crippen molar-refractivity contribution in [3.8, 4) is 0 Å². The van der Waals surface area contributed by atoms with Gasteiger partial charge in [0.2, 0.25) is 0 Å². The monoisotopic (exact) mass is 272 g/mol. The third-order valence-electron chi connectivity index (χ3n) is 5.70. The molecule has 108 valence electrons. The summed E-state index contributed by atoms with van der Waals surface area (Å²) in [4.78, 5) is 0. The average Bonchev–Trinajstić information content (AvgIpc) is 2.27. The lowest BCUT2D eigenvalue weighted by atomic mass is 9.43. The maximum atomic E-state index is 5.63. The summed E-state index contributed by atoms with van der Waals surface area (Å²) in [5, 5.41) is 11.9. The molecular weight excluding hydrogens is 248 g/mol. The second-order valence-electron chi connectivity index (χ2n) is 8.38. The molecule has 5 rings (SSSR count). The number of hydrogen-bond donors (Lipinski definition) is 2. The Kier molecular flexibility index (Phi) is 2.27. The molecule has 1 aromatic heterocycles. The van der Waals surface area contributed by atoms with Gasteiger partial charge in [-0.15, -0.1) is 10.2 Å². The van der Waals surface area contributed by atoms with Crippen LogP contribution in [0.3, 0.4) is 0 Å². The quantitative estimate of drug-likeness (QED) is 0.867. The first-order valence-corrected chi connectivity index (χ1v) is 7.75. The van der Waals surface area contributed by atoms with Gasteiger partial charge in [0.1, 0.15) is 11.6 Å². The lowest BCUT2D eigenvalue weighted by Crippen LogP contribution is -2.61. The summed E-state index contributed by atoms with van der Waals surface area (Å²) in [6.07, 6.45) is 8.08. The highest BCUT2D eigenvalue weighted by atomic mass is 15.2. The minimum Gasteiger partial charge on any atom is -0.382 e. The van der Waals surface area contributed by atoms with E-state index in [0.29, 0.717) is 16.6 Å². The molecule has 2 unspecified atom stereocenters. The van der Waals surface area contributed by atoms with E-state index in [1.165, 1.54) is 38.5 Å². The normalized spacial score (nSPS) is 45.6. The summed E-state index contributed by atoms with van der Waals surface area (Å²) in [6.45, 7) is 4.97. The first kappa shape index (κ1) is 12.4. The van der Waals surface area contributed by atoms with Gasteiger partial charge >= 0.3 is 0 Å². The Morgan fingerprint density at radius 2 is 1.75 bits per heavy atom. The van der Waals surface area contributed by atoms with Gasteiger partial charge in [-0.2, -0.15) is 0 Å². The van der Waals surface area contributed by atoms with Crippen LogP contribution in [0.25, 0.3) is 0 Å². The molecule has 1 heterocycles. The molecule has 0 saturated heterocycles. The summed E-state index contributed by atoms with van der Waals surface area (Å²) < 4.78 is 0. The number of nitrogens with two attached hydrogens (primary N) is 1. The fraction of sp³-hybridized carbons (Fsp3) is 0.750. The van der Waals surface area contributed by atoms with Crippen molar-refractivity contribution in [2.75, 3.05) is 11.1 Å². The molecule has 4 heteroatoms. The predicted octanol–water partition coefficient (Wildman–Crippen LogP) is 3.22. The molecule has 1 aromatic rings. The topological polar surface area (TPSA) is 63.8 Å². The number of nitrogen functional groups attached to an aromatic ring is 1. The van der Waals surface area contributed by atoms with E-state index in [1.807, 2.05) is 12.1 Å². The minimum absolute atomic E-state index is 0.230. The molecule has 4 aliphatic rings. The van der Waals surface area contributed by atoms with Gasteiger partial charge in [0.25, 0.3) is 0 Å². The molecule has 0 aromatic carbocycles. The molecule has 20 heavy (non-hydrogen) atoms. The van der Waals surface area contributed by atoms with E-state index in [1.54, 1.807) is 0 Å². The van der Waals surface area contributed by atoms with Crippen LogP contribution in [0.5, 0.6) is 0 Å². The molecule has 4 nitrogen and oxygen atoms in total. The second kappa shape index (κ2) is 3.66. The standard InChI is InChI=1S/C16H24N4/c1-14-5-11-6-15(2,8-14)10-16(7-11,9-14)18-13-4-3-12(17)19-20-13/h3-4,11H,5-10H2,1-2H3,(H2,17,19)(H,18,20). The minimum atomic E-state index is 0.230. The average molecular weight is 272 g/mol. The van der Waals surface area contributed by atoms with Crippen LogP contribution >= 0.6 is 0 Å². The number of rotatable bonds is 2. The summed E-state index contributed by atoms with van der Waals surface area (Å²) in [5.74, 6) is 2.25. The first-order valence-electron chi connectivity index (χ1n) is 7.75. The van der Waals surface area contributed by atoms with Gasteiger partial charge in [-0.3, -0.25) is 0 Å².